The molecule has 1 aromatic rings. The zero-order valence-electron chi connectivity index (χ0n) is 13.4. The molecular weight excluding hydrogens is 282 g/mol. The van der Waals surface area contributed by atoms with Crippen LogP contribution in [0.2, 0.25) is 0 Å². The van der Waals surface area contributed by atoms with Crippen LogP contribution in [0.15, 0.2) is 18.2 Å². The number of hydrogen-bond donors (Lipinski definition) is 1. The first-order valence-corrected chi connectivity index (χ1v) is 7.56. The second-order valence-electron chi connectivity index (χ2n) is 6.36. The number of amides is 1. The highest BCUT2D eigenvalue weighted by Crippen LogP contribution is 2.32. The number of rotatable bonds is 4. The number of carbonyl (C=O) groups is 2. The molecule has 0 saturated heterocycles. The molecule has 1 aliphatic heterocycles. The average Bonchev–Trinajstić information content (AvgIpc) is 2.67. The molecule has 0 unspecified atom stereocenters. The van der Waals surface area contributed by atoms with Gasteiger partial charge in [-0.3, -0.25) is 9.59 Å². The molecule has 1 aliphatic rings. The molecule has 0 spiro atoms. The molecule has 0 fully saturated rings. The zero-order valence-corrected chi connectivity index (χ0v) is 13.4. The Kier molecular flexibility index (Phi) is 4.74. The lowest BCUT2D eigenvalue weighted by atomic mass is 9.89. The van der Waals surface area contributed by atoms with Gasteiger partial charge in [0.25, 0.3) is 0 Å². The van der Waals surface area contributed by atoms with E-state index in [4.69, 9.17) is 4.74 Å². The first-order chi connectivity index (χ1) is 10.3. The van der Waals surface area contributed by atoms with Gasteiger partial charge in [-0.15, -0.1) is 0 Å². The van der Waals surface area contributed by atoms with Crippen molar-refractivity contribution in [3.05, 3.63) is 23.8 Å². The first kappa shape index (κ1) is 16.3. The number of anilines is 1. The fourth-order valence-electron chi connectivity index (χ4n) is 2.67. The molecule has 1 amide bonds. The van der Waals surface area contributed by atoms with Crippen LogP contribution in [-0.2, 0) is 16.0 Å². The van der Waals surface area contributed by atoms with Crippen molar-refractivity contribution in [2.75, 3.05) is 18.6 Å². The van der Waals surface area contributed by atoms with Crippen molar-refractivity contribution in [2.24, 2.45) is 5.41 Å². The summed E-state index contributed by atoms with van der Waals surface area (Å²) in [6.45, 7) is 3.80. The number of aliphatic carboxylic acids is 1. The van der Waals surface area contributed by atoms with Gasteiger partial charge in [-0.05, 0) is 56.9 Å². The Morgan fingerprint density at radius 1 is 1.32 bits per heavy atom. The Hall–Kier alpha value is -2.04. The van der Waals surface area contributed by atoms with Crippen LogP contribution in [0, 0.1) is 5.41 Å². The molecule has 5 heteroatoms. The minimum Gasteiger partial charge on any atom is -0.497 e. The van der Waals surface area contributed by atoms with E-state index in [1.54, 1.807) is 25.9 Å². The fourth-order valence-corrected chi connectivity index (χ4v) is 2.67. The summed E-state index contributed by atoms with van der Waals surface area (Å²) >= 11 is 0. The van der Waals surface area contributed by atoms with Crippen molar-refractivity contribution in [3.63, 3.8) is 0 Å². The SMILES string of the molecule is COc1ccc2c(c1)CCCCN2C(=O)CC(C)(C)C(=O)O. The van der Waals surface area contributed by atoms with E-state index in [-0.39, 0.29) is 12.3 Å². The van der Waals surface area contributed by atoms with Gasteiger partial charge >= 0.3 is 5.97 Å². The van der Waals surface area contributed by atoms with Crippen molar-refractivity contribution >= 4 is 17.6 Å². The molecule has 0 atom stereocenters. The molecule has 0 radical (unpaired) electrons. The van der Waals surface area contributed by atoms with Crippen LogP contribution in [0.3, 0.4) is 0 Å². The van der Waals surface area contributed by atoms with Gasteiger partial charge < -0.3 is 14.7 Å². The largest absolute Gasteiger partial charge is 0.497 e. The summed E-state index contributed by atoms with van der Waals surface area (Å²) in [7, 11) is 1.62. The highest BCUT2D eigenvalue weighted by atomic mass is 16.5. The van der Waals surface area contributed by atoms with E-state index in [0.717, 1.165) is 36.3 Å². The molecule has 0 bridgehead atoms. The Labute approximate surface area is 130 Å². The number of aryl methyl sites for hydroxylation is 1. The van der Waals surface area contributed by atoms with Gasteiger partial charge in [0.15, 0.2) is 0 Å². The first-order valence-electron chi connectivity index (χ1n) is 7.56. The molecule has 1 heterocycles. The van der Waals surface area contributed by atoms with Crippen molar-refractivity contribution in [1.29, 1.82) is 0 Å². The standard InChI is InChI=1S/C17H23NO4/c1-17(2,16(20)21)11-15(19)18-9-5-4-6-12-10-13(22-3)7-8-14(12)18/h7-8,10H,4-6,9,11H2,1-3H3,(H,20,21). The van der Waals surface area contributed by atoms with Crippen molar-refractivity contribution in [2.45, 2.75) is 39.5 Å². The van der Waals surface area contributed by atoms with E-state index >= 15 is 0 Å². The number of carboxylic acid groups (broad SMARTS) is 1. The second kappa shape index (κ2) is 6.38. The molecule has 1 aromatic carbocycles. The molecule has 1 N–H and O–H groups in total. The molecule has 2 rings (SSSR count). The number of benzene rings is 1. The predicted octanol–water partition coefficient (Wildman–Crippen LogP) is 2.87. The molecule has 0 saturated carbocycles. The highest BCUT2D eigenvalue weighted by molar-refractivity contribution is 5.97. The van der Waals surface area contributed by atoms with Crippen LogP contribution in [0.25, 0.3) is 0 Å². The summed E-state index contributed by atoms with van der Waals surface area (Å²) in [5.41, 5.74) is 0.901. The van der Waals surface area contributed by atoms with E-state index in [9.17, 15) is 14.7 Å². The summed E-state index contributed by atoms with van der Waals surface area (Å²) in [5, 5.41) is 9.22. The molecule has 5 nitrogen and oxygen atoms in total. The lowest BCUT2D eigenvalue weighted by Gasteiger charge is -2.27. The number of carboxylic acids is 1. The van der Waals surface area contributed by atoms with E-state index in [1.165, 1.54) is 0 Å². The summed E-state index contributed by atoms with van der Waals surface area (Å²) in [6.07, 6.45) is 2.81. The van der Waals surface area contributed by atoms with Gasteiger partial charge in [0, 0.05) is 18.7 Å². The number of methoxy groups -OCH3 is 1. The van der Waals surface area contributed by atoms with E-state index in [2.05, 4.69) is 0 Å². The lowest BCUT2D eigenvalue weighted by molar-refractivity contribution is -0.149. The topological polar surface area (TPSA) is 66.8 Å². The maximum absolute atomic E-state index is 12.6. The number of ether oxygens (including phenoxy) is 1. The normalized spacial score (nSPS) is 15.0. The Morgan fingerprint density at radius 3 is 2.68 bits per heavy atom. The Bertz CT molecular complexity index is 580. The predicted molar refractivity (Wildman–Crippen MR) is 84.3 cm³/mol. The van der Waals surface area contributed by atoms with Crippen molar-refractivity contribution < 1.29 is 19.4 Å². The average molecular weight is 305 g/mol. The summed E-state index contributed by atoms with van der Waals surface area (Å²) in [6, 6.07) is 5.70. The summed E-state index contributed by atoms with van der Waals surface area (Å²) < 4.78 is 5.25. The van der Waals surface area contributed by atoms with Gasteiger partial charge in [0.1, 0.15) is 5.75 Å². The Balaban J connectivity index is 2.28. The smallest absolute Gasteiger partial charge is 0.309 e. The third-order valence-electron chi connectivity index (χ3n) is 4.13. The van der Waals surface area contributed by atoms with Crippen molar-refractivity contribution in [3.8, 4) is 5.75 Å². The fraction of sp³-hybridized carbons (Fsp3) is 0.529. The van der Waals surface area contributed by atoms with Gasteiger partial charge in [-0.2, -0.15) is 0 Å². The minimum absolute atomic E-state index is 0.00615. The number of carbonyl (C=O) groups excluding carboxylic acids is 1. The van der Waals surface area contributed by atoms with Crippen LogP contribution in [-0.4, -0.2) is 30.6 Å². The zero-order chi connectivity index (χ0) is 16.3. The monoisotopic (exact) mass is 305 g/mol. The third-order valence-corrected chi connectivity index (χ3v) is 4.13. The molecular formula is C17H23NO4. The van der Waals surface area contributed by atoms with Crippen LogP contribution in [0.5, 0.6) is 5.75 Å². The van der Waals surface area contributed by atoms with Crippen LogP contribution >= 0.6 is 0 Å². The van der Waals surface area contributed by atoms with E-state index in [0.29, 0.717) is 6.54 Å². The third kappa shape index (κ3) is 3.40. The van der Waals surface area contributed by atoms with Crippen LogP contribution in [0.1, 0.15) is 38.7 Å². The number of fused-ring (bicyclic) bond motifs is 1. The molecule has 22 heavy (non-hydrogen) atoms. The van der Waals surface area contributed by atoms with Gasteiger partial charge in [0.05, 0.1) is 12.5 Å². The van der Waals surface area contributed by atoms with Crippen LogP contribution in [0.4, 0.5) is 5.69 Å². The molecule has 120 valence electrons. The number of hydrogen-bond acceptors (Lipinski definition) is 3. The maximum atomic E-state index is 12.6. The highest BCUT2D eigenvalue weighted by Gasteiger charge is 2.33. The Morgan fingerprint density at radius 2 is 2.05 bits per heavy atom. The van der Waals surface area contributed by atoms with Gasteiger partial charge in [-0.1, -0.05) is 0 Å². The van der Waals surface area contributed by atoms with E-state index < -0.39 is 11.4 Å². The quantitative estimate of drug-likeness (QED) is 0.929. The lowest BCUT2D eigenvalue weighted by Crippen LogP contribution is -2.37. The van der Waals surface area contributed by atoms with Crippen LogP contribution < -0.4 is 9.64 Å². The van der Waals surface area contributed by atoms with E-state index in [1.807, 2.05) is 18.2 Å². The summed E-state index contributed by atoms with van der Waals surface area (Å²) in [4.78, 5) is 25.6. The van der Waals surface area contributed by atoms with Gasteiger partial charge in [-0.25, -0.2) is 0 Å². The number of nitrogens with zero attached hydrogens (tertiary/aromatic N) is 1. The van der Waals surface area contributed by atoms with Crippen molar-refractivity contribution in [1.82, 2.24) is 0 Å². The maximum Gasteiger partial charge on any atom is 0.309 e. The second-order valence-corrected chi connectivity index (χ2v) is 6.36. The molecule has 0 aromatic heterocycles. The molecule has 0 aliphatic carbocycles. The summed E-state index contributed by atoms with van der Waals surface area (Å²) in [5.74, 6) is -0.315. The minimum atomic E-state index is -1.06. The van der Waals surface area contributed by atoms with Gasteiger partial charge in [0.2, 0.25) is 5.91 Å².